The highest BCUT2D eigenvalue weighted by molar-refractivity contribution is 6.04. The number of benzene rings is 2. The molecule has 2 aromatic carbocycles. The lowest BCUT2D eigenvalue weighted by Gasteiger charge is -2.20. The molecule has 1 aliphatic rings. The van der Waals surface area contributed by atoms with Crippen molar-refractivity contribution in [3.8, 4) is 5.75 Å². The molecule has 3 N–H and O–H groups in total. The van der Waals surface area contributed by atoms with Crippen LogP contribution in [0.2, 0.25) is 0 Å². The van der Waals surface area contributed by atoms with E-state index in [1.54, 1.807) is 30.2 Å². The maximum absolute atomic E-state index is 12.7. The number of nitrogens with zero attached hydrogens (tertiary/aromatic N) is 1. The van der Waals surface area contributed by atoms with E-state index in [0.29, 0.717) is 23.7 Å². The van der Waals surface area contributed by atoms with Crippen LogP contribution in [0, 0.1) is 19.8 Å². The fourth-order valence-electron chi connectivity index (χ4n) is 3.15. The second kappa shape index (κ2) is 7.07. The van der Waals surface area contributed by atoms with Crippen LogP contribution in [0.25, 0.3) is 0 Å². The van der Waals surface area contributed by atoms with Crippen molar-refractivity contribution in [3.63, 3.8) is 0 Å². The Morgan fingerprint density at radius 2 is 2.04 bits per heavy atom. The van der Waals surface area contributed by atoms with Crippen LogP contribution < -0.4 is 20.7 Å². The lowest BCUT2D eigenvalue weighted by Crippen LogP contribution is -2.28. The van der Waals surface area contributed by atoms with Crippen LogP contribution in [0.1, 0.15) is 17.5 Å². The number of hydrogen-bond donors (Lipinski definition) is 2. The summed E-state index contributed by atoms with van der Waals surface area (Å²) < 4.78 is 5.16. The molecule has 2 aromatic rings. The van der Waals surface area contributed by atoms with Gasteiger partial charge in [-0.05, 0) is 43.2 Å². The zero-order chi connectivity index (χ0) is 18.8. The minimum absolute atomic E-state index is 0.0440. The first-order valence-corrected chi connectivity index (χ1v) is 8.51. The Kier molecular flexibility index (Phi) is 4.84. The molecule has 1 aliphatic heterocycles. The van der Waals surface area contributed by atoms with E-state index in [1.165, 1.54) is 0 Å². The van der Waals surface area contributed by atoms with Crippen LogP contribution in [0.4, 0.5) is 17.1 Å². The molecular formula is C20H23N3O3. The van der Waals surface area contributed by atoms with E-state index < -0.39 is 5.92 Å². The van der Waals surface area contributed by atoms with Gasteiger partial charge in [0, 0.05) is 24.7 Å². The highest BCUT2D eigenvalue weighted by atomic mass is 16.5. The third kappa shape index (κ3) is 3.35. The van der Waals surface area contributed by atoms with Gasteiger partial charge in [-0.25, -0.2) is 0 Å². The lowest BCUT2D eigenvalue weighted by molar-refractivity contribution is -0.122. The van der Waals surface area contributed by atoms with Crippen molar-refractivity contribution >= 4 is 28.9 Å². The van der Waals surface area contributed by atoms with E-state index in [4.69, 9.17) is 10.5 Å². The summed E-state index contributed by atoms with van der Waals surface area (Å²) in [5.74, 6) is -0.0782. The van der Waals surface area contributed by atoms with Crippen molar-refractivity contribution in [2.24, 2.45) is 5.92 Å². The third-order valence-corrected chi connectivity index (χ3v) is 4.88. The maximum Gasteiger partial charge on any atom is 0.229 e. The number of ether oxygens (including phenoxy) is 1. The molecule has 0 saturated carbocycles. The Labute approximate surface area is 152 Å². The van der Waals surface area contributed by atoms with Crippen molar-refractivity contribution < 1.29 is 14.3 Å². The fraction of sp³-hybridized carbons (Fsp3) is 0.300. The zero-order valence-electron chi connectivity index (χ0n) is 15.2. The largest absolute Gasteiger partial charge is 0.497 e. The van der Waals surface area contributed by atoms with Crippen LogP contribution in [-0.4, -0.2) is 25.5 Å². The van der Waals surface area contributed by atoms with Crippen molar-refractivity contribution in [3.05, 3.63) is 47.5 Å². The number of amides is 2. The van der Waals surface area contributed by atoms with Gasteiger partial charge >= 0.3 is 0 Å². The van der Waals surface area contributed by atoms with E-state index in [0.717, 1.165) is 16.8 Å². The number of anilines is 3. The smallest absolute Gasteiger partial charge is 0.229 e. The summed E-state index contributed by atoms with van der Waals surface area (Å²) in [5.41, 5.74) is 9.91. The molecule has 0 aromatic heterocycles. The Balaban J connectivity index is 1.76. The molecule has 3 rings (SSSR count). The van der Waals surface area contributed by atoms with Crippen molar-refractivity contribution in [1.82, 2.24) is 0 Å². The molecule has 1 unspecified atom stereocenters. The molecule has 6 heteroatoms. The molecule has 1 saturated heterocycles. The van der Waals surface area contributed by atoms with Gasteiger partial charge in [-0.1, -0.05) is 12.1 Å². The van der Waals surface area contributed by atoms with E-state index in [2.05, 4.69) is 5.32 Å². The SMILES string of the molecule is COc1ccc(N)c(NC(=O)C2CC(=O)N(c3cccc(C)c3C)C2)c1. The van der Waals surface area contributed by atoms with E-state index in [1.807, 2.05) is 32.0 Å². The Bertz CT molecular complexity index is 863. The van der Waals surface area contributed by atoms with Gasteiger partial charge in [-0.15, -0.1) is 0 Å². The van der Waals surface area contributed by atoms with Gasteiger partial charge in [-0.2, -0.15) is 0 Å². The Morgan fingerprint density at radius 3 is 2.77 bits per heavy atom. The number of methoxy groups -OCH3 is 1. The minimum Gasteiger partial charge on any atom is -0.497 e. The minimum atomic E-state index is -0.423. The highest BCUT2D eigenvalue weighted by Crippen LogP contribution is 2.31. The molecule has 1 fully saturated rings. The predicted molar refractivity (Wildman–Crippen MR) is 102 cm³/mol. The van der Waals surface area contributed by atoms with Crippen molar-refractivity contribution in [1.29, 1.82) is 0 Å². The normalized spacial score (nSPS) is 16.7. The summed E-state index contributed by atoms with van der Waals surface area (Å²) in [7, 11) is 1.55. The summed E-state index contributed by atoms with van der Waals surface area (Å²) in [6, 6.07) is 10.9. The van der Waals surface area contributed by atoms with Crippen LogP contribution >= 0.6 is 0 Å². The predicted octanol–water partition coefficient (Wildman–Crippen LogP) is 2.89. The number of hydrogen-bond acceptors (Lipinski definition) is 4. The summed E-state index contributed by atoms with van der Waals surface area (Å²) >= 11 is 0. The monoisotopic (exact) mass is 353 g/mol. The topological polar surface area (TPSA) is 84.7 Å². The maximum atomic E-state index is 12.7. The number of rotatable bonds is 4. The third-order valence-electron chi connectivity index (χ3n) is 4.88. The van der Waals surface area contributed by atoms with Crippen molar-refractivity contribution in [2.75, 3.05) is 29.6 Å². The lowest BCUT2D eigenvalue weighted by atomic mass is 10.1. The Hall–Kier alpha value is -3.02. The van der Waals surface area contributed by atoms with Crippen LogP contribution in [0.15, 0.2) is 36.4 Å². The number of nitrogens with two attached hydrogens (primary N) is 1. The van der Waals surface area contributed by atoms with E-state index in [-0.39, 0.29) is 18.2 Å². The quantitative estimate of drug-likeness (QED) is 0.828. The average Bonchev–Trinajstić information content (AvgIpc) is 3.01. The first kappa shape index (κ1) is 17.8. The summed E-state index contributed by atoms with van der Waals surface area (Å²) in [5, 5.41) is 2.82. The Morgan fingerprint density at radius 1 is 1.27 bits per heavy atom. The number of nitrogens with one attached hydrogen (secondary N) is 1. The summed E-state index contributed by atoms with van der Waals surface area (Å²) in [6.07, 6.45) is 0.184. The molecular weight excluding hydrogens is 330 g/mol. The number of carbonyl (C=O) groups excluding carboxylic acids is 2. The van der Waals surface area contributed by atoms with Crippen molar-refractivity contribution in [2.45, 2.75) is 20.3 Å². The van der Waals surface area contributed by atoms with Gasteiger partial charge in [0.15, 0.2) is 0 Å². The molecule has 0 aliphatic carbocycles. The van der Waals surface area contributed by atoms with Gasteiger partial charge in [0.25, 0.3) is 0 Å². The second-order valence-corrected chi connectivity index (χ2v) is 6.57. The van der Waals surface area contributed by atoms with Crippen LogP contribution in [0.3, 0.4) is 0 Å². The number of nitrogen functional groups attached to an aromatic ring is 1. The number of carbonyl (C=O) groups is 2. The van der Waals surface area contributed by atoms with Gasteiger partial charge < -0.3 is 20.7 Å². The summed E-state index contributed by atoms with van der Waals surface area (Å²) in [6.45, 7) is 4.36. The van der Waals surface area contributed by atoms with Gasteiger partial charge in [0.1, 0.15) is 5.75 Å². The van der Waals surface area contributed by atoms with E-state index >= 15 is 0 Å². The zero-order valence-corrected chi connectivity index (χ0v) is 15.2. The molecule has 136 valence electrons. The summed E-state index contributed by atoms with van der Waals surface area (Å²) in [4.78, 5) is 26.8. The van der Waals surface area contributed by atoms with Crippen LogP contribution in [0.5, 0.6) is 5.75 Å². The molecule has 2 amide bonds. The van der Waals surface area contributed by atoms with Gasteiger partial charge in [-0.3, -0.25) is 9.59 Å². The molecule has 0 radical (unpaired) electrons. The molecule has 1 atom stereocenters. The standard InChI is InChI=1S/C20H23N3O3/c1-12-5-4-6-18(13(12)2)23-11-14(9-19(23)24)20(25)22-17-10-15(26-3)7-8-16(17)21/h4-8,10,14H,9,11,21H2,1-3H3,(H,22,25). The van der Waals surface area contributed by atoms with Gasteiger partial charge in [0.2, 0.25) is 11.8 Å². The number of aryl methyl sites for hydroxylation is 1. The average molecular weight is 353 g/mol. The first-order chi connectivity index (χ1) is 12.4. The molecule has 0 bridgehead atoms. The fourth-order valence-corrected chi connectivity index (χ4v) is 3.15. The molecule has 0 spiro atoms. The highest BCUT2D eigenvalue weighted by Gasteiger charge is 2.36. The molecule has 1 heterocycles. The molecule has 6 nitrogen and oxygen atoms in total. The van der Waals surface area contributed by atoms with E-state index in [9.17, 15) is 9.59 Å². The second-order valence-electron chi connectivity index (χ2n) is 6.57. The van der Waals surface area contributed by atoms with Gasteiger partial charge in [0.05, 0.1) is 24.4 Å². The first-order valence-electron chi connectivity index (χ1n) is 8.51. The van der Waals surface area contributed by atoms with Crippen LogP contribution in [-0.2, 0) is 9.59 Å². The molecule has 26 heavy (non-hydrogen) atoms.